The van der Waals surface area contributed by atoms with E-state index in [-0.39, 0.29) is 0 Å². The molecule has 0 amide bonds. The summed E-state index contributed by atoms with van der Waals surface area (Å²) in [5, 5.41) is 1.09. The monoisotopic (exact) mass is 402 g/mol. The van der Waals surface area contributed by atoms with Crippen LogP contribution in [0.4, 0.5) is 5.69 Å². The standard InChI is InChI=1S/C21H24Cl2N4/c1-13-7-14(2)10-26(9-13)12-19-21(15-3-5-17(22)18(23)8-15)25-20-6-4-16(24)11-27(19)20/h3-6,8,11,13-14H,7,9-10,12,24H2,1-2H3. The van der Waals surface area contributed by atoms with Gasteiger partial charge >= 0.3 is 0 Å². The van der Waals surface area contributed by atoms with Crippen molar-refractivity contribution in [2.45, 2.75) is 26.8 Å². The molecule has 27 heavy (non-hydrogen) atoms. The second kappa shape index (κ2) is 7.34. The first-order chi connectivity index (χ1) is 12.9. The van der Waals surface area contributed by atoms with Crippen molar-refractivity contribution in [3.63, 3.8) is 0 Å². The lowest BCUT2D eigenvalue weighted by Crippen LogP contribution is -2.38. The van der Waals surface area contributed by atoms with Crippen LogP contribution in [0.25, 0.3) is 16.9 Å². The van der Waals surface area contributed by atoms with Gasteiger partial charge in [-0.2, -0.15) is 0 Å². The third-order valence-corrected chi connectivity index (χ3v) is 5.99. The molecule has 1 aliphatic heterocycles. The number of likely N-dealkylation sites (tertiary alicyclic amines) is 1. The van der Waals surface area contributed by atoms with Crippen LogP contribution in [0, 0.1) is 11.8 Å². The minimum Gasteiger partial charge on any atom is -0.398 e. The Morgan fingerprint density at radius 2 is 1.81 bits per heavy atom. The second-order valence-electron chi connectivity index (χ2n) is 7.87. The summed E-state index contributed by atoms with van der Waals surface area (Å²) in [7, 11) is 0. The number of rotatable bonds is 3. The van der Waals surface area contributed by atoms with Crippen molar-refractivity contribution in [2.24, 2.45) is 11.8 Å². The summed E-state index contributed by atoms with van der Waals surface area (Å²) < 4.78 is 2.11. The first-order valence-corrected chi connectivity index (χ1v) is 10.1. The number of pyridine rings is 1. The molecule has 2 unspecified atom stereocenters. The van der Waals surface area contributed by atoms with Gasteiger partial charge in [-0.15, -0.1) is 0 Å². The van der Waals surface area contributed by atoms with Crippen LogP contribution in [0.15, 0.2) is 36.5 Å². The number of hydrogen-bond acceptors (Lipinski definition) is 3. The smallest absolute Gasteiger partial charge is 0.137 e. The van der Waals surface area contributed by atoms with E-state index in [1.807, 2.05) is 36.5 Å². The maximum atomic E-state index is 6.27. The fourth-order valence-corrected chi connectivity index (χ4v) is 4.57. The van der Waals surface area contributed by atoms with Crippen molar-refractivity contribution in [3.8, 4) is 11.3 Å². The molecule has 1 aromatic carbocycles. The van der Waals surface area contributed by atoms with Gasteiger partial charge in [0.15, 0.2) is 0 Å². The molecule has 0 saturated carbocycles. The Kier molecular flexibility index (Phi) is 5.06. The van der Waals surface area contributed by atoms with Gasteiger partial charge in [0, 0.05) is 37.1 Å². The fraction of sp³-hybridized carbons (Fsp3) is 0.381. The predicted molar refractivity (Wildman–Crippen MR) is 113 cm³/mol. The van der Waals surface area contributed by atoms with Gasteiger partial charge < -0.3 is 10.1 Å². The number of aromatic nitrogens is 2. The molecule has 3 heterocycles. The van der Waals surface area contributed by atoms with E-state index in [9.17, 15) is 0 Å². The summed E-state index contributed by atoms with van der Waals surface area (Å²) in [5.74, 6) is 1.40. The highest BCUT2D eigenvalue weighted by Gasteiger charge is 2.24. The number of nitrogens with zero attached hydrogens (tertiary/aromatic N) is 3. The van der Waals surface area contributed by atoms with Crippen LogP contribution in [-0.4, -0.2) is 27.4 Å². The van der Waals surface area contributed by atoms with Crippen LogP contribution in [0.1, 0.15) is 26.0 Å². The van der Waals surface area contributed by atoms with Crippen LogP contribution in [-0.2, 0) is 6.54 Å². The number of piperidine rings is 1. The van der Waals surface area contributed by atoms with E-state index < -0.39 is 0 Å². The molecule has 142 valence electrons. The number of fused-ring (bicyclic) bond motifs is 1. The molecule has 0 spiro atoms. The van der Waals surface area contributed by atoms with Crippen molar-refractivity contribution < 1.29 is 0 Å². The molecule has 2 N–H and O–H groups in total. The summed E-state index contributed by atoms with van der Waals surface area (Å²) >= 11 is 12.4. The van der Waals surface area contributed by atoms with Crippen LogP contribution < -0.4 is 5.73 Å². The summed E-state index contributed by atoms with van der Waals surface area (Å²) in [6, 6.07) is 9.54. The van der Waals surface area contributed by atoms with Gasteiger partial charge in [-0.25, -0.2) is 4.98 Å². The van der Waals surface area contributed by atoms with Crippen molar-refractivity contribution in [2.75, 3.05) is 18.8 Å². The maximum Gasteiger partial charge on any atom is 0.137 e. The van der Waals surface area contributed by atoms with Gasteiger partial charge in [0.1, 0.15) is 5.65 Å². The van der Waals surface area contributed by atoms with E-state index in [0.29, 0.717) is 21.9 Å². The minimum atomic E-state index is 0.539. The Morgan fingerprint density at radius 3 is 2.52 bits per heavy atom. The summed E-state index contributed by atoms with van der Waals surface area (Å²) in [5.41, 5.74) is 10.7. The van der Waals surface area contributed by atoms with Crippen LogP contribution in [0.5, 0.6) is 0 Å². The average Bonchev–Trinajstić information content (AvgIpc) is 2.94. The third-order valence-electron chi connectivity index (χ3n) is 5.25. The molecule has 1 saturated heterocycles. The molecule has 2 aromatic heterocycles. The van der Waals surface area contributed by atoms with Gasteiger partial charge in [0.25, 0.3) is 0 Å². The van der Waals surface area contributed by atoms with Crippen molar-refractivity contribution in [3.05, 3.63) is 52.3 Å². The Labute approximate surface area is 169 Å². The Balaban J connectivity index is 1.81. The predicted octanol–water partition coefficient (Wildman–Crippen LogP) is 5.37. The minimum absolute atomic E-state index is 0.539. The topological polar surface area (TPSA) is 46.6 Å². The first kappa shape index (κ1) is 18.6. The number of imidazole rings is 1. The molecule has 1 fully saturated rings. The lowest BCUT2D eigenvalue weighted by molar-refractivity contribution is 0.133. The quantitative estimate of drug-likeness (QED) is 0.640. The summed E-state index contributed by atoms with van der Waals surface area (Å²) in [4.78, 5) is 7.40. The molecule has 0 aliphatic carbocycles. The number of nitrogen functional groups attached to an aromatic ring is 1. The van der Waals surface area contributed by atoms with E-state index in [4.69, 9.17) is 33.9 Å². The largest absolute Gasteiger partial charge is 0.398 e. The molecule has 0 bridgehead atoms. The zero-order chi connectivity index (χ0) is 19.1. The Hall–Kier alpha value is -1.75. The highest BCUT2D eigenvalue weighted by atomic mass is 35.5. The Bertz CT molecular complexity index is 972. The van der Waals surface area contributed by atoms with Crippen molar-refractivity contribution in [1.82, 2.24) is 14.3 Å². The zero-order valence-electron chi connectivity index (χ0n) is 15.6. The average molecular weight is 403 g/mol. The third kappa shape index (κ3) is 3.79. The van der Waals surface area contributed by atoms with Crippen LogP contribution in [0.2, 0.25) is 10.0 Å². The molecule has 1 aliphatic rings. The normalized spacial score (nSPS) is 21.0. The molecule has 3 aromatic rings. The number of benzene rings is 1. The number of anilines is 1. The van der Waals surface area contributed by atoms with Gasteiger partial charge in [-0.3, -0.25) is 4.90 Å². The van der Waals surface area contributed by atoms with Crippen LogP contribution >= 0.6 is 23.2 Å². The van der Waals surface area contributed by atoms with E-state index in [2.05, 4.69) is 23.1 Å². The van der Waals surface area contributed by atoms with E-state index in [0.717, 1.165) is 47.9 Å². The summed E-state index contributed by atoms with van der Waals surface area (Å²) in [6.45, 7) is 7.68. The van der Waals surface area contributed by atoms with Gasteiger partial charge in [0.2, 0.25) is 0 Å². The van der Waals surface area contributed by atoms with Crippen molar-refractivity contribution in [1.29, 1.82) is 0 Å². The molecule has 6 heteroatoms. The zero-order valence-corrected chi connectivity index (χ0v) is 17.1. The maximum absolute atomic E-state index is 6.27. The number of nitrogens with two attached hydrogens (primary N) is 1. The Morgan fingerprint density at radius 1 is 1.07 bits per heavy atom. The summed E-state index contributed by atoms with van der Waals surface area (Å²) in [6.07, 6.45) is 3.24. The van der Waals surface area contributed by atoms with Crippen LogP contribution in [0.3, 0.4) is 0 Å². The molecule has 0 radical (unpaired) electrons. The molecular formula is C21H24Cl2N4. The second-order valence-corrected chi connectivity index (χ2v) is 8.68. The molecule has 4 nitrogen and oxygen atoms in total. The molecule has 2 atom stereocenters. The van der Waals surface area contributed by atoms with Gasteiger partial charge in [-0.05, 0) is 42.5 Å². The lowest BCUT2D eigenvalue weighted by Gasteiger charge is -2.35. The van der Waals surface area contributed by atoms with E-state index >= 15 is 0 Å². The van der Waals surface area contributed by atoms with E-state index in [1.54, 1.807) is 0 Å². The first-order valence-electron chi connectivity index (χ1n) is 9.35. The number of halogens is 2. The van der Waals surface area contributed by atoms with Gasteiger partial charge in [0.05, 0.1) is 21.4 Å². The number of hydrogen-bond donors (Lipinski definition) is 1. The van der Waals surface area contributed by atoms with Gasteiger partial charge in [-0.1, -0.05) is 43.1 Å². The molecular weight excluding hydrogens is 379 g/mol. The lowest BCUT2D eigenvalue weighted by atomic mass is 9.92. The fourth-order valence-electron chi connectivity index (χ4n) is 4.27. The molecule has 4 rings (SSSR count). The SMILES string of the molecule is CC1CC(C)CN(Cc2c(-c3ccc(Cl)c(Cl)c3)nc3ccc(N)cn23)C1. The van der Waals surface area contributed by atoms with E-state index in [1.165, 1.54) is 6.42 Å². The highest BCUT2D eigenvalue weighted by Crippen LogP contribution is 2.32. The van der Waals surface area contributed by atoms with Crippen molar-refractivity contribution >= 4 is 34.5 Å². The highest BCUT2D eigenvalue weighted by molar-refractivity contribution is 6.42.